The lowest BCUT2D eigenvalue weighted by atomic mass is 10.1. The molecule has 0 saturated carbocycles. The van der Waals surface area contributed by atoms with Gasteiger partial charge in [-0.25, -0.2) is 0 Å². The van der Waals surface area contributed by atoms with E-state index < -0.39 is 0 Å². The van der Waals surface area contributed by atoms with Gasteiger partial charge >= 0.3 is 0 Å². The van der Waals surface area contributed by atoms with E-state index in [-0.39, 0.29) is 18.2 Å². The Bertz CT molecular complexity index is 589. The third-order valence-corrected chi connectivity index (χ3v) is 2.96. The molecule has 102 valence electrons. The van der Waals surface area contributed by atoms with Gasteiger partial charge in [0.05, 0.1) is 12.6 Å². The van der Waals surface area contributed by atoms with Crippen LogP contribution in [-0.4, -0.2) is 36.5 Å². The second-order valence-corrected chi connectivity index (χ2v) is 4.41. The smallest absolute Gasteiger partial charge is 0.257 e. The van der Waals surface area contributed by atoms with E-state index in [1.165, 1.54) is 0 Å². The summed E-state index contributed by atoms with van der Waals surface area (Å²) in [5.74, 6) is 0.638. The number of fused-ring (bicyclic) bond motifs is 1. The van der Waals surface area contributed by atoms with E-state index in [0.717, 1.165) is 5.39 Å². The monoisotopic (exact) mass is 262 g/mol. The molecule has 1 unspecified atom stereocenters. The molecule has 0 aliphatic rings. The fraction of sp³-hybridized carbons (Fsp3) is 0.357. The van der Waals surface area contributed by atoms with E-state index in [2.05, 4.69) is 10.3 Å². The van der Waals surface area contributed by atoms with Crippen LogP contribution in [0.1, 0.15) is 6.42 Å². The normalized spacial score (nSPS) is 12.5. The molecule has 0 bridgehead atoms. The molecule has 5 nitrogen and oxygen atoms in total. The minimum atomic E-state index is -0.124. The van der Waals surface area contributed by atoms with Crippen LogP contribution in [-0.2, 0) is 4.74 Å². The van der Waals surface area contributed by atoms with Gasteiger partial charge in [0.25, 0.3) is 5.56 Å². The third-order valence-electron chi connectivity index (χ3n) is 2.96. The SMILES string of the molecule is COCC(CCO)Nc1cc2ccccc2c(=O)[nH]1. The molecule has 0 spiro atoms. The molecule has 1 heterocycles. The average molecular weight is 262 g/mol. The molecule has 2 rings (SSSR count). The Morgan fingerprint density at radius 3 is 2.95 bits per heavy atom. The molecule has 0 radical (unpaired) electrons. The second kappa shape index (κ2) is 6.36. The Hall–Kier alpha value is -1.85. The Morgan fingerprint density at radius 1 is 1.42 bits per heavy atom. The largest absolute Gasteiger partial charge is 0.396 e. The van der Waals surface area contributed by atoms with Crippen LogP contribution < -0.4 is 10.9 Å². The number of aliphatic hydroxyl groups is 1. The first-order valence-corrected chi connectivity index (χ1v) is 6.23. The van der Waals surface area contributed by atoms with E-state index in [1.807, 2.05) is 24.3 Å². The van der Waals surface area contributed by atoms with Crippen molar-refractivity contribution in [2.45, 2.75) is 12.5 Å². The number of hydrogen-bond acceptors (Lipinski definition) is 4. The first kappa shape index (κ1) is 13.6. The van der Waals surface area contributed by atoms with Crippen molar-refractivity contribution in [3.8, 4) is 0 Å². The molecule has 0 aliphatic heterocycles. The maximum Gasteiger partial charge on any atom is 0.257 e. The number of aromatic nitrogens is 1. The van der Waals surface area contributed by atoms with Crippen LogP contribution >= 0.6 is 0 Å². The molecule has 0 saturated heterocycles. The van der Waals surface area contributed by atoms with Crippen LogP contribution in [0.15, 0.2) is 35.1 Å². The van der Waals surface area contributed by atoms with Gasteiger partial charge in [0.15, 0.2) is 0 Å². The summed E-state index contributed by atoms with van der Waals surface area (Å²) in [6.45, 7) is 0.536. The zero-order chi connectivity index (χ0) is 13.7. The van der Waals surface area contributed by atoms with Crippen molar-refractivity contribution in [1.29, 1.82) is 0 Å². The second-order valence-electron chi connectivity index (χ2n) is 4.41. The van der Waals surface area contributed by atoms with E-state index in [4.69, 9.17) is 9.84 Å². The fourth-order valence-electron chi connectivity index (χ4n) is 2.06. The minimum Gasteiger partial charge on any atom is -0.396 e. The topological polar surface area (TPSA) is 74.3 Å². The van der Waals surface area contributed by atoms with Crippen molar-refractivity contribution in [1.82, 2.24) is 4.98 Å². The number of methoxy groups -OCH3 is 1. The van der Waals surface area contributed by atoms with Crippen molar-refractivity contribution < 1.29 is 9.84 Å². The number of anilines is 1. The predicted octanol–water partition coefficient (Wildman–Crippen LogP) is 1.34. The van der Waals surface area contributed by atoms with Crippen molar-refractivity contribution in [3.05, 3.63) is 40.7 Å². The number of aromatic amines is 1. The van der Waals surface area contributed by atoms with E-state index >= 15 is 0 Å². The van der Waals surface area contributed by atoms with Crippen molar-refractivity contribution in [2.75, 3.05) is 25.6 Å². The summed E-state index contributed by atoms with van der Waals surface area (Å²) in [6.07, 6.45) is 0.558. The molecule has 0 amide bonds. The Balaban J connectivity index is 2.27. The standard InChI is InChI=1S/C14H18N2O3/c1-19-9-11(6-7-17)15-13-8-10-4-2-3-5-12(10)14(18)16-13/h2-5,8,11,17H,6-7,9H2,1H3,(H2,15,16,18). The highest BCUT2D eigenvalue weighted by Crippen LogP contribution is 2.14. The maximum absolute atomic E-state index is 11.9. The maximum atomic E-state index is 11.9. The molecule has 19 heavy (non-hydrogen) atoms. The summed E-state index contributed by atoms with van der Waals surface area (Å²) < 4.78 is 5.08. The average Bonchev–Trinajstić information content (AvgIpc) is 2.39. The van der Waals surface area contributed by atoms with Gasteiger partial charge < -0.3 is 20.1 Å². The molecule has 3 N–H and O–H groups in total. The number of pyridine rings is 1. The van der Waals surface area contributed by atoms with Gasteiger partial charge in [-0.1, -0.05) is 18.2 Å². The van der Waals surface area contributed by atoms with E-state index in [9.17, 15) is 4.79 Å². The number of H-pyrrole nitrogens is 1. The van der Waals surface area contributed by atoms with Crippen LogP contribution in [0.25, 0.3) is 10.8 Å². The molecule has 1 aromatic carbocycles. The van der Waals surface area contributed by atoms with Gasteiger partial charge in [-0.05, 0) is 23.9 Å². The highest BCUT2D eigenvalue weighted by atomic mass is 16.5. The lowest BCUT2D eigenvalue weighted by Gasteiger charge is -2.18. The number of aliphatic hydroxyl groups excluding tert-OH is 1. The van der Waals surface area contributed by atoms with E-state index in [1.54, 1.807) is 13.2 Å². The van der Waals surface area contributed by atoms with Crippen LogP contribution in [0.5, 0.6) is 0 Å². The fourth-order valence-corrected chi connectivity index (χ4v) is 2.06. The van der Waals surface area contributed by atoms with Crippen LogP contribution in [0.2, 0.25) is 0 Å². The molecule has 5 heteroatoms. The number of rotatable bonds is 6. The summed E-state index contributed by atoms with van der Waals surface area (Å²) in [6, 6.07) is 9.27. The highest BCUT2D eigenvalue weighted by Gasteiger charge is 2.09. The summed E-state index contributed by atoms with van der Waals surface area (Å²) >= 11 is 0. The van der Waals surface area contributed by atoms with Crippen LogP contribution in [0, 0.1) is 0 Å². The van der Waals surface area contributed by atoms with E-state index in [0.29, 0.717) is 24.2 Å². The minimum absolute atomic E-state index is 0.0354. The zero-order valence-electron chi connectivity index (χ0n) is 10.8. The van der Waals surface area contributed by atoms with Crippen molar-refractivity contribution in [2.24, 2.45) is 0 Å². The molecule has 0 aliphatic carbocycles. The van der Waals surface area contributed by atoms with Crippen molar-refractivity contribution >= 4 is 16.6 Å². The summed E-state index contributed by atoms with van der Waals surface area (Å²) in [7, 11) is 1.61. The summed E-state index contributed by atoms with van der Waals surface area (Å²) in [4.78, 5) is 14.7. The number of ether oxygens (including phenoxy) is 1. The van der Waals surface area contributed by atoms with Gasteiger partial charge in [-0.2, -0.15) is 0 Å². The number of benzene rings is 1. The predicted molar refractivity (Wildman–Crippen MR) is 75.6 cm³/mol. The Morgan fingerprint density at radius 2 is 2.21 bits per heavy atom. The lowest BCUT2D eigenvalue weighted by molar-refractivity contribution is 0.170. The first-order chi connectivity index (χ1) is 9.24. The molecule has 1 atom stereocenters. The first-order valence-electron chi connectivity index (χ1n) is 6.23. The molecular formula is C14H18N2O3. The van der Waals surface area contributed by atoms with Gasteiger partial charge in [0.1, 0.15) is 5.82 Å². The van der Waals surface area contributed by atoms with Gasteiger partial charge in [-0.15, -0.1) is 0 Å². The van der Waals surface area contributed by atoms with Crippen molar-refractivity contribution in [3.63, 3.8) is 0 Å². The summed E-state index contributed by atoms with van der Waals surface area (Å²) in [5.41, 5.74) is -0.124. The number of hydrogen-bond donors (Lipinski definition) is 3. The van der Waals surface area contributed by atoms with Gasteiger partial charge in [-0.3, -0.25) is 4.79 Å². The Labute approximate surface area is 111 Å². The zero-order valence-corrected chi connectivity index (χ0v) is 10.8. The molecular weight excluding hydrogens is 244 g/mol. The highest BCUT2D eigenvalue weighted by molar-refractivity contribution is 5.83. The molecule has 1 aromatic heterocycles. The molecule has 2 aromatic rings. The quantitative estimate of drug-likeness (QED) is 0.734. The number of nitrogens with one attached hydrogen (secondary N) is 2. The van der Waals surface area contributed by atoms with Gasteiger partial charge in [0, 0.05) is 19.1 Å². The van der Waals surface area contributed by atoms with Crippen LogP contribution in [0.3, 0.4) is 0 Å². The third kappa shape index (κ3) is 3.33. The van der Waals surface area contributed by atoms with Crippen LogP contribution in [0.4, 0.5) is 5.82 Å². The molecule has 0 fully saturated rings. The van der Waals surface area contributed by atoms with Gasteiger partial charge in [0.2, 0.25) is 0 Å². The Kier molecular flexibility index (Phi) is 4.54. The summed E-state index contributed by atoms with van der Waals surface area (Å²) in [5, 5.41) is 13.7. The lowest BCUT2D eigenvalue weighted by Crippen LogP contribution is -2.27.